The average Bonchev–Trinajstić information content (AvgIpc) is 2.96. The molecule has 5 rings (SSSR count). The Morgan fingerprint density at radius 3 is 1.95 bits per heavy atom. The first-order valence-corrected chi connectivity index (χ1v) is 12.0. The highest BCUT2D eigenvalue weighted by molar-refractivity contribution is 6.08. The predicted octanol–water partition coefficient (Wildman–Crippen LogP) is 5.09. The summed E-state index contributed by atoms with van der Waals surface area (Å²) in [7, 11) is 0. The first-order chi connectivity index (χ1) is 18.6. The Bertz CT molecular complexity index is 1670. The van der Waals surface area contributed by atoms with Crippen LogP contribution in [0.1, 0.15) is 26.3 Å². The molecule has 0 radical (unpaired) electrons. The highest BCUT2D eigenvalue weighted by Gasteiger charge is 2.13. The van der Waals surface area contributed by atoms with Crippen molar-refractivity contribution in [1.29, 1.82) is 0 Å². The lowest BCUT2D eigenvalue weighted by atomic mass is 10.0. The molecule has 0 heterocycles. The Morgan fingerprint density at radius 2 is 1.26 bits per heavy atom. The number of esters is 1. The number of benzene rings is 5. The maximum atomic E-state index is 12.7. The summed E-state index contributed by atoms with van der Waals surface area (Å²) in [4.78, 5) is 37.4. The number of carbonyl (C=O) groups is 3. The van der Waals surface area contributed by atoms with Crippen molar-refractivity contribution in [1.82, 2.24) is 10.7 Å². The second-order valence-corrected chi connectivity index (χ2v) is 8.49. The van der Waals surface area contributed by atoms with Crippen LogP contribution in [0.25, 0.3) is 21.5 Å². The van der Waals surface area contributed by atoms with E-state index in [1.54, 1.807) is 42.5 Å². The molecule has 5 aromatic carbocycles. The summed E-state index contributed by atoms with van der Waals surface area (Å²) in [6.45, 7) is -0.220. The summed E-state index contributed by atoms with van der Waals surface area (Å²) >= 11 is 0. The summed E-state index contributed by atoms with van der Waals surface area (Å²) in [5, 5.41) is 10.1. The molecular weight excluding hydrogens is 478 g/mol. The van der Waals surface area contributed by atoms with Gasteiger partial charge in [-0.15, -0.1) is 0 Å². The van der Waals surface area contributed by atoms with E-state index in [0.29, 0.717) is 22.4 Å². The van der Waals surface area contributed by atoms with Crippen molar-refractivity contribution in [2.45, 2.75) is 0 Å². The van der Waals surface area contributed by atoms with Crippen LogP contribution in [0.3, 0.4) is 0 Å². The number of carbonyl (C=O) groups excluding carboxylic acids is 3. The molecule has 0 aliphatic heterocycles. The van der Waals surface area contributed by atoms with Gasteiger partial charge in [0.15, 0.2) is 0 Å². The van der Waals surface area contributed by atoms with Crippen LogP contribution in [0, 0.1) is 0 Å². The zero-order chi connectivity index (χ0) is 26.3. The third-order valence-electron chi connectivity index (χ3n) is 5.95. The minimum Gasteiger partial charge on any atom is -0.423 e. The van der Waals surface area contributed by atoms with E-state index in [9.17, 15) is 14.4 Å². The maximum Gasteiger partial charge on any atom is 0.344 e. The van der Waals surface area contributed by atoms with Crippen LogP contribution in [-0.2, 0) is 4.79 Å². The second-order valence-electron chi connectivity index (χ2n) is 8.49. The Hall–Kier alpha value is -5.30. The van der Waals surface area contributed by atoms with Crippen LogP contribution in [0.15, 0.2) is 114 Å². The number of hydrogen-bond acceptors (Lipinski definition) is 5. The number of nitrogens with one attached hydrogen (secondary N) is 2. The van der Waals surface area contributed by atoms with Gasteiger partial charge in [-0.25, -0.2) is 10.2 Å². The van der Waals surface area contributed by atoms with Gasteiger partial charge in [0.25, 0.3) is 11.8 Å². The Kier molecular flexibility index (Phi) is 7.18. The Labute approximate surface area is 218 Å². The van der Waals surface area contributed by atoms with Crippen molar-refractivity contribution in [2.24, 2.45) is 5.10 Å². The average molecular weight is 502 g/mol. The smallest absolute Gasteiger partial charge is 0.344 e. The van der Waals surface area contributed by atoms with Gasteiger partial charge in [0.05, 0.1) is 18.3 Å². The molecule has 186 valence electrons. The fraction of sp³-hybridized carbons (Fsp3) is 0.0323. The zero-order valence-electron chi connectivity index (χ0n) is 20.3. The lowest BCUT2D eigenvalue weighted by Crippen LogP contribution is -2.35. The van der Waals surface area contributed by atoms with Crippen molar-refractivity contribution in [3.8, 4) is 5.75 Å². The molecule has 0 aliphatic rings. The lowest BCUT2D eigenvalue weighted by Gasteiger charge is -2.08. The third kappa shape index (κ3) is 5.57. The number of ether oxygens (including phenoxy) is 1. The molecule has 0 atom stereocenters. The molecule has 0 unspecified atom stereocenters. The Morgan fingerprint density at radius 1 is 0.684 bits per heavy atom. The van der Waals surface area contributed by atoms with Crippen LogP contribution in [0.5, 0.6) is 5.75 Å². The van der Waals surface area contributed by atoms with Crippen molar-refractivity contribution < 1.29 is 19.1 Å². The molecule has 7 heteroatoms. The number of hydrogen-bond donors (Lipinski definition) is 2. The summed E-state index contributed by atoms with van der Waals surface area (Å²) in [5.74, 6) is -0.855. The number of nitrogens with zero attached hydrogens (tertiary/aromatic N) is 1. The lowest BCUT2D eigenvalue weighted by molar-refractivity contribution is -0.120. The number of rotatable bonds is 7. The van der Waals surface area contributed by atoms with Gasteiger partial charge in [-0.3, -0.25) is 9.59 Å². The number of amides is 2. The SMILES string of the molecule is O=C(CNC(=O)c1cccc2ccccc12)N/N=C\c1ccc(OC(=O)c2cccc3ccccc23)cc1. The van der Waals surface area contributed by atoms with Crippen LogP contribution in [0.4, 0.5) is 0 Å². The van der Waals surface area contributed by atoms with Gasteiger partial charge >= 0.3 is 5.97 Å². The van der Waals surface area contributed by atoms with E-state index in [1.807, 2.05) is 66.7 Å². The molecular formula is C31H23N3O4. The molecule has 7 nitrogen and oxygen atoms in total. The monoisotopic (exact) mass is 501 g/mol. The van der Waals surface area contributed by atoms with E-state index in [2.05, 4.69) is 15.8 Å². The van der Waals surface area contributed by atoms with Gasteiger partial charge in [0, 0.05) is 5.56 Å². The van der Waals surface area contributed by atoms with Gasteiger partial charge in [-0.2, -0.15) is 5.10 Å². The van der Waals surface area contributed by atoms with Crippen molar-refractivity contribution in [2.75, 3.05) is 6.54 Å². The largest absolute Gasteiger partial charge is 0.423 e. The number of hydrazone groups is 1. The van der Waals surface area contributed by atoms with E-state index < -0.39 is 11.9 Å². The predicted molar refractivity (Wildman–Crippen MR) is 147 cm³/mol. The topological polar surface area (TPSA) is 96.9 Å². The van der Waals surface area contributed by atoms with Gasteiger partial charge in [-0.1, -0.05) is 72.8 Å². The number of fused-ring (bicyclic) bond motifs is 2. The normalized spacial score (nSPS) is 10.9. The molecule has 0 aliphatic carbocycles. The maximum absolute atomic E-state index is 12.7. The summed E-state index contributed by atoms with van der Waals surface area (Å²) < 4.78 is 5.53. The van der Waals surface area contributed by atoms with E-state index >= 15 is 0 Å². The van der Waals surface area contributed by atoms with E-state index in [4.69, 9.17) is 4.74 Å². The summed E-state index contributed by atoms with van der Waals surface area (Å²) in [5.41, 5.74) is 4.07. The van der Waals surface area contributed by atoms with E-state index in [0.717, 1.165) is 21.5 Å². The van der Waals surface area contributed by atoms with E-state index in [1.165, 1.54) is 6.21 Å². The van der Waals surface area contributed by atoms with Crippen LogP contribution >= 0.6 is 0 Å². The van der Waals surface area contributed by atoms with Crippen LogP contribution < -0.4 is 15.5 Å². The molecule has 0 spiro atoms. The first-order valence-electron chi connectivity index (χ1n) is 12.0. The molecule has 0 bridgehead atoms. The third-order valence-corrected chi connectivity index (χ3v) is 5.95. The molecule has 38 heavy (non-hydrogen) atoms. The van der Waals surface area contributed by atoms with Crippen LogP contribution in [-0.4, -0.2) is 30.5 Å². The molecule has 0 fully saturated rings. The zero-order valence-corrected chi connectivity index (χ0v) is 20.3. The standard InChI is InChI=1S/C31H23N3O4/c35-29(20-32-30(36)27-13-5-9-22-7-1-3-11-25(22)27)34-33-19-21-15-17-24(18-16-21)38-31(37)28-14-6-10-23-8-2-4-12-26(23)28/h1-19H,20H2,(H,32,36)(H,34,35)/b33-19-. The molecule has 2 N–H and O–H groups in total. The van der Waals surface area contributed by atoms with Gasteiger partial charge in [0.1, 0.15) is 5.75 Å². The van der Waals surface area contributed by atoms with Crippen molar-refractivity contribution >= 4 is 45.5 Å². The Balaban J connectivity index is 1.13. The first kappa shape index (κ1) is 24.4. The minimum absolute atomic E-state index is 0.220. The highest BCUT2D eigenvalue weighted by atomic mass is 16.5. The van der Waals surface area contributed by atoms with E-state index in [-0.39, 0.29) is 12.5 Å². The molecule has 5 aromatic rings. The fourth-order valence-electron chi connectivity index (χ4n) is 4.08. The second kappa shape index (κ2) is 11.2. The molecule has 2 amide bonds. The minimum atomic E-state index is -0.463. The molecule has 0 saturated carbocycles. The molecule has 0 saturated heterocycles. The quantitative estimate of drug-likeness (QED) is 0.140. The van der Waals surface area contributed by atoms with Crippen LogP contribution in [0.2, 0.25) is 0 Å². The summed E-state index contributed by atoms with van der Waals surface area (Å²) in [6.07, 6.45) is 1.46. The fourth-order valence-corrected chi connectivity index (χ4v) is 4.08. The van der Waals surface area contributed by atoms with Gasteiger partial charge in [-0.05, 0) is 63.5 Å². The van der Waals surface area contributed by atoms with Crippen molar-refractivity contribution in [3.05, 3.63) is 126 Å². The molecule has 0 aromatic heterocycles. The van der Waals surface area contributed by atoms with Gasteiger partial charge < -0.3 is 10.1 Å². The highest BCUT2D eigenvalue weighted by Crippen LogP contribution is 2.21. The van der Waals surface area contributed by atoms with Crippen molar-refractivity contribution in [3.63, 3.8) is 0 Å². The van der Waals surface area contributed by atoms with Gasteiger partial charge in [0.2, 0.25) is 0 Å². The summed E-state index contributed by atoms with van der Waals surface area (Å²) in [6, 6.07) is 32.9.